The van der Waals surface area contributed by atoms with Crippen LogP contribution in [-0.4, -0.2) is 37.7 Å². The standard InChI is InChI=1S/C24H40NO2/c1-22(2)24(26)27-20-16-11-9-7-5-6-8-10-15-19-25(3,4)21-23-17-13-12-14-18-23/h12-14,17-18H,1,5-11,15-16,19-21H2,2-4H3/q+1. The molecule has 0 saturated carbocycles. The molecule has 152 valence electrons. The number of nitrogens with zero attached hydrogens (tertiary/aromatic N) is 1. The Hall–Kier alpha value is -1.61. The van der Waals surface area contributed by atoms with Gasteiger partial charge in [-0.1, -0.05) is 75.4 Å². The summed E-state index contributed by atoms with van der Waals surface area (Å²) in [5.41, 5.74) is 1.91. The summed E-state index contributed by atoms with van der Waals surface area (Å²) in [4.78, 5) is 11.2. The van der Waals surface area contributed by atoms with Gasteiger partial charge in [-0.15, -0.1) is 0 Å². The zero-order valence-corrected chi connectivity index (χ0v) is 17.8. The molecule has 1 aromatic carbocycles. The largest absolute Gasteiger partial charge is 0.462 e. The number of rotatable bonds is 15. The van der Waals surface area contributed by atoms with Crippen LogP contribution in [0.2, 0.25) is 0 Å². The molecule has 0 spiro atoms. The first-order valence-electron chi connectivity index (χ1n) is 10.6. The van der Waals surface area contributed by atoms with Crippen LogP contribution in [0.15, 0.2) is 42.5 Å². The summed E-state index contributed by atoms with van der Waals surface area (Å²) in [6.07, 6.45) is 11.3. The predicted molar refractivity (Wildman–Crippen MR) is 114 cm³/mol. The van der Waals surface area contributed by atoms with Crippen LogP contribution in [0.1, 0.15) is 70.3 Å². The van der Waals surface area contributed by atoms with E-state index in [-0.39, 0.29) is 5.97 Å². The van der Waals surface area contributed by atoms with Gasteiger partial charge < -0.3 is 9.22 Å². The molecule has 0 unspecified atom stereocenters. The van der Waals surface area contributed by atoms with Gasteiger partial charge in [0.25, 0.3) is 0 Å². The number of esters is 1. The molecule has 3 nitrogen and oxygen atoms in total. The minimum absolute atomic E-state index is 0.263. The summed E-state index contributed by atoms with van der Waals surface area (Å²) in [6.45, 7) is 8.16. The molecular formula is C24H40NO2+. The Bertz CT molecular complexity index is 537. The molecule has 27 heavy (non-hydrogen) atoms. The number of ether oxygens (including phenoxy) is 1. The first-order valence-corrected chi connectivity index (χ1v) is 10.6. The van der Waals surface area contributed by atoms with Gasteiger partial charge in [0.2, 0.25) is 0 Å². The molecule has 0 aliphatic heterocycles. The number of hydrogen-bond donors (Lipinski definition) is 0. The fourth-order valence-electron chi connectivity index (χ4n) is 3.32. The average Bonchev–Trinajstić information content (AvgIpc) is 2.62. The van der Waals surface area contributed by atoms with E-state index in [9.17, 15) is 4.79 Å². The van der Waals surface area contributed by atoms with Crippen LogP contribution in [0.3, 0.4) is 0 Å². The Morgan fingerprint density at radius 1 is 0.889 bits per heavy atom. The van der Waals surface area contributed by atoms with Gasteiger partial charge in [0, 0.05) is 11.1 Å². The molecule has 0 amide bonds. The number of quaternary nitrogens is 1. The van der Waals surface area contributed by atoms with Gasteiger partial charge in [-0.05, 0) is 26.2 Å². The highest BCUT2D eigenvalue weighted by atomic mass is 16.5. The van der Waals surface area contributed by atoms with Crippen LogP contribution in [0.5, 0.6) is 0 Å². The highest BCUT2D eigenvalue weighted by Gasteiger charge is 2.14. The van der Waals surface area contributed by atoms with Crippen LogP contribution in [-0.2, 0) is 16.1 Å². The van der Waals surface area contributed by atoms with Crippen LogP contribution < -0.4 is 0 Å². The van der Waals surface area contributed by atoms with Crippen LogP contribution in [0.25, 0.3) is 0 Å². The second-order valence-electron chi connectivity index (χ2n) is 8.40. The lowest BCUT2D eigenvalue weighted by Gasteiger charge is -2.30. The van der Waals surface area contributed by atoms with Crippen molar-refractivity contribution in [3.8, 4) is 0 Å². The number of carbonyl (C=O) groups is 1. The molecule has 0 saturated heterocycles. The van der Waals surface area contributed by atoms with Crippen molar-refractivity contribution < 1.29 is 14.0 Å². The van der Waals surface area contributed by atoms with E-state index in [0.29, 0.717) is 12.2 Å². The lowest BCUT2D eigenvalue weighted by Crippen LogP contribution is -2.39. The summed E-state index contributed by atoms with van der Waals surface area (Å²) >= 11 is 0. The molecule has 0 N–H and O–H groups in total. The molecular weight excluding hydrogens is 334 g/mol. The second-order valence-corrected chi connectivity index (χ2v) is 8.40. The fraction of sp³-hybridized carbons (Fsp3) is 0.625. The van der Waals surface area contributed by atoms with E-state index in [4.69, 9.17) is 4.74 Å². The number of hydrogen-bond acceptors (Lipinski definition) is 2. The first kappa shape index (κ1) is 23.4. The summed E-state index contributed by atoms with van der Waals surface area (Å²) in [5.74, 6) is -0.263. The maximum Gasteiger partial charge on any atom is 0.333 e. The number of benzene rings is 1. The molecule has 1 rings (SSSR count). The molecule has 0 bridgehead atoms. The van der Waals surface area contributed by atoms with Gasteiger partial charge in [-0.3, -0.25) is 0 Å². The highest BCUT2D eigenvalue weighted by Crippen LogP contribution is 2.13. The smallest absolute Gasteiger partial charge is 0.333 e. The molecule has 0 aromatic heterocycles. The third kappa shape index (κ3) is 12.4. The molecule has 0 aliphatic carbocycles. The van der Waals surface area contributed by atoms with E-state index in [2.05, 4.69) is 51.0 Å². The minimum Gasteiger partial charge on any atom is -0.462 e. The van der Waals surface area contributed by atoms with Gasteiger partial charge in [-0.2, -0.15) is 0 Å². The quantitative estimate of drug-likeness (QED) is 0.165. The number of carbonyl (C=O) groups excluding carboxylic acids is 1. The average molecular weight is 375 g/mol. The van der Waals surface area contributed by atoms with Gasteiger partial charge in [0.15, 0.2) is 0 Å². The predicted octanol–water partition coefficient (Wildman–Crippen LogP) is 5.89. The maximum absolute atomic E-state index is 11.2. The highest BCUT2D eigenvalue weighted by molar-refractivity contribution is 5.86. The summed E-state index contributed by atoms with van der Waals surface area (Å²) in [5, 5.41) is 0. The molecule has 0 atom stereocenters. The Kier molecular flexibility index (Phi) is 11.8. The van der Waals surface area contributed by atoms with E-state index in [1.165, 1.54) is 57.1 Å². The van der Waals surface area contributed by atoms with Crippen LogP contribution in [0.4, 0.5) is 0 Å². The lowest BCUT2D eigenvalue weighted by atomic mass is 10.1. The summed E-state index contributed by atoms with van der Waals surface area (Å²) in [6, 6.07) is 10.8. The van der Waals surface area contributed by atoms with Crippen molar-refractivity contribution in [3.05, 3.63) is 48.0 Å². The van der Waals surface area contributed by atoms with Gasteiger partial charge in [-0.25, -0.2) is 4.79 Å². The van der Waals surface area contributed by atoms with Gasteiger partial charge in [0.1, 0.15) is 6.54 Å². The minimum atomic E-state index is -0.263. The van der Waals surface area contributed by atoms with E-state index in [1.54, 1.807) is 6.92 Å². The monoisotopic (exact) mass is 374 g/mol. The van der Waals surface area contributed by atoms with Crippen molar-refractivity contribution >= 4 is 5.97 Å². The fourth-order valence-corrected chi connectivity index (χ4v) is 3.32. The normalized spacial score (nSPS) is 11.4. The van der Waals surface area contributed by atoms with E-state index >= 15 is 0 Å². The molecule has 0 heterocycles. The zero-order valence-electron chi connectivity index (χ0n) is 17.8. The van der Waals surface area contributed by atoms with E-state index < -0.39 is 0 Å². The Morgan fingerprint density at radius 3 is 1.96 bits per heavy atom. The molecule has 0 fully saturated rings. The van der Waals surface area contributed by atoms with Gasteiger partial charge >= 0.3 is 5.97 Å². The molecule has 0 radical (unpaired) electrons. The lowest BCUT2D eigenvalue weighted by molar-refractivity contribution is -0.903. The molecule has 1 aromatic rings. The molecule has 0 aliphatic rings. The Balaban J connectivity index is 1.91. The van der Waals surface area contributed by atoms with Crippen molar-refractivity contribution in [2.75, 3.05) is 27.2 Å². The van der Waals surface area contributed by atoms with Crippen molar-refractivity contribution in [2.45, 2.75) is 71.3 Å². The van der Waals surface area contributed by atoms with Gasteiger partial charge in [0.05, 0.1) is 27.2 Å². The summed E-state index contributed by atoms with van der Waals surface area (Å²) in [7, 11) is 4.67. The van der Waals surface area contributed by atoms with E-state index in [1.807, 2.05) is 0 Å². The van der Waals surface area contributed by atoms with Crippen molar-refractivity contribution in [1.29, 1.82) is 0 Å². The Morgan fingerprint density at radius 2 is 1.41 bits per heavy atom. The summed E-state index contributed by atoms with van der Waals surface area (Å²) < 4.78 is 6.17. The van der Waals surface area contributed by atoms with Crippen molar-refractivity contribution in [1.82, 2.24) is 0 Å². The van der Waals surface area contributed by atoms with Crippen molar-refractivity contribution in [3.63, 3.8) is 0 Å². The van der Waals surface area contributed by atoms with Crippen molar-refractivity contribution in [2.24, 2.45) is 0 Å². The SMILES string of the molecule is C=C(C)C(=O)OCCCCCCCCCCC[N+](C)(C)Cc1ccccc1. The van der Waals surface area contributed by atoms with Crippen LogP contribution in [0, 0.1) is 0 Å². The zero-order chi connectivity index (χ0) is 20.0. The topological polar surface area (TPSA) is 26.3 Å². The maximum atomic E-state index is 11.2. The molecule has 3 heteroatoms. The third-order valence-corrected chi connectivity index (χ3v) is 4.94. The Labute approximate surface area is 167 Å². The van der Waals surface area contributed by atoms with E-state index in [0.717, 1.165) is 23.9 Å². The third-order valence-electron chi connectivity index (χ3n) is 4.94. The second kappa shape index (κ2) is 13.5. The first-order chi connectivity index (χ1) is 12.9. The van der Waals surface area contributed by atoms with Crippen LogP contribution >= 0.6 is 0 Å². The number of unbranched alkanes of at least 4 members (excludes halogenated alkanes) is 8.